The SMILES string of the molecule is COCc1ccccc1CNc1ncccc1C#N. The number of nitrogens with one attached hydrogen (secondary N) is 1. The van der Waals surface area contributed by atoms with E-state index in [2.05, 4.69) is 16.4 Å². The molecule has 0 bridgehead atoms. The van der Waals surface area contributed by atoms with Gasteiger partial charge in [0.1, 0.15) is 11.9 Å². The fourth-order valence-electron chi connectivity index (χ4n) is 1.84. The third-order valence-electron chi connectivity index (χ3n) is 2.79. The van der Waals surface area contributed by atoms with E-state index < -0.39 is 0 Å². The van der Waals surface area contributed by atoms with E-state index in [0.29, 0.717) is 24.5 Å². The highest BCUT2D eigenvalue weighted by molar-refractivity contribution is 5.51. The summed E-state index contributed by atoms with van der Waals surface area (Å²) in [4.78, 5) is 4.18. The van der Waals surface area contributed by atoms with E-state index >= 15 is 0 Å². The van der Waals surface area contributed by atoms with E-state index in [1.807, 2.05) is 24.3 Å². The Morgan fingerprint density at radius 3 is 2.74 bits per heavy atom. The lowest BCUT2D eigenvalue weighted by Gasteiger charge is -2.11. The highest BCUT2D eigenvalue weighted by Gasteiger charge is 2.04. The van der Waals surface area contributed by atoms with Crippen LogP contribution in [0.2, 0.25) is 0 Å². The predicted molar refractivity (Wildman–Crippen MR) is 73.4 cm³/mol. The van der Waals surface area contributed by atoms with Gasteiger partial charge in [-0.05, 0) is 23.3 Å². The Balaban J connectivity index is 2.13. The molecule has 0 spiro atoms. The fraction of sp³-hybridized carbons (Fsp3) is 0.200. The van der Waals surface area contributed by atoms with Crippen molar-refractivity contribution in [3.05, 3.63) is 59.3 Å². The molecule has 0 aliphatic carbocycles. The third kappa shape index (κ3) is 3.30. The molecule has 1 aromatic carbocycles. The molecule has 1 heterocycles. The maximum absolute atomic E-state index is 9.00. The molecule has 1 N–H and O–H groups in total. The molecule has 2 aromatic rings. The van der Waals surface area contributed by atoms with Crippen LogP contribution in [0, 0.1) is 11.3 Å². The number of ether oxygens (including phenoxy) is 1. The summed E-state index contributed by atoms with van der Waals surface area (Å²) in [6.07, 6.45) is 1.67. The number of nitriles is 1. The molecule has 2 rings (SSSR count). The lowest BCUT2D eigenvalue weighted by molar-refractivity contribution is 0.184. The Bertz CT molecular complexity index is 590. The summed E-state index contributed by atoms with van der Waals surface area (Å²) in [7, 11) is 1.68. The van der Waals surface area contributed by atoms with Gasteiger partial charge in [-0.3, -0.25) is 0 Å². The third-order valence-corrected chi connectivity index (χ3v) is 2.79. The minimum atomic E-state index is 0.548. The minimum absolute atomic E-state index is 0.548. The number of methoxy groups -OCH3 is 1. The topological polar surface area (TPSA) is 57.9 Å². The van der Waals surface area contributed by atoms with Crippen molar-refractivity contribution in [2.45, 2.75) is 13.2 Å². The molecule has 0 amide bonds. The highest BCUT2D eigenvalue weighted by Crippen LogP contribution is 2.14. The molecule has 0 atom stereocenters. The summed E-state index contributed by atoms with van der Waals surface area (Å²) in [6.45, 7) is 1.19. The molecule has 0 saturated heterocycles. The van der Waals surface area contributed by atoms with Crippen LogP contribution in [0.1, 0.15) is 16.7 Å². The number of rotatable bonds is 5. The molecule has 4 heteroatoms. The largest absolute Gasteiger partial charge is 0.380 e. The Hall–Kier alpha value is -2.38. The normalized spacial score (nSPS) is 9.89. The first-order valence-electron chi connectivity index (χ1n) is 6.00. The summed E-state index contributed by atoms with van der Waals surface area (Å²) in [5.74, 6) is 0.609. The Labute approximate surface area is 112 Å². The van der Waals surface area contributed by atoms with Gasteiger partial charge in [0.2, 0.25) is 0 Å². The zero-order valence-electron chi connectivity index (χ0n) is 10.8. The van der Waals surface area contributed by atoms with Crippen LogP contribution in [0.25, 0.3) is 0 Å². The van der Waals surface area contributed by atoms with Crippen molar-refractivity contribution in [1.82, 2.24) is 4.98 Å². The quantitative estimate of drug-likeness (QED) is 0.890. The molecule has 0 aliphatic heterocycles. The smallest absolute Gasteiger partial charge is 0.144 e. The Morgan fingerprint density at radius 2 is 2.00 bits per heavy atom. The number of hydrogen-bond acceptors (Lipinski definition) is 4. The second-order valence-electron chi connectivity index (χ2n) is 4.07. The summed E-state index contributed by atoms with van der Waals surface area (Å²) < 4.78 is 5.17. The number of pyridine rings is 1. The highest BCUT2D eigenvalue weighted by atomic mass is 16.5. The molecule has 0 radical (unpaired) electrons. The van der Waals surface area contributed by atoms with Crippen molar-refractivity contribution < 1.29 is 4.74 Å². The van der Waals surface area contributed by atoms with Crippen molar-refractivity contribution in [2.75, 3.05) is 12.4 Å². The average molecular weight is 253 g/mol. The molecule has 0 aliphatic rings. The molecular formula is C15H15N3O. The molecule has 4 nitrogen and oxygen atoms in total. The van der Waals surface area contributed by atoms with E-state index in [4.69, 9.17) is 10.00 Å². The fourth-order valence-corrected chi connectivity index (χ4v) is 1.84. The van der Waals surface area contributed by atoms with Gasteiger partial charge in [-0.25, -0.2) is 4.98 Å². The van der Waals surface area contributed by atoms with Crippen molar-refractivity contribution in [3.8, 4) is 6.07 Å². The molecule has 0 saturated carbocycles. The number of hydrogen-bond donors (Lipinski definition) is 1. The van der Waals surface area contributed by atoms with Crippen LogP contribution >= 0.6 is 0 Å². The van der Waals surface area contributed by atoms with E-state index in [0.717, 1.165) is 11.1 Å². The van der Waals surface area contributed by atoms with Gasteiger partial charge in [0, 0.05) is 19.9 Å². The van der Waals surface area contributed by atoms with Gasteiger partial charge in [-0.1, -0.05) is 24.3 Å². The van der Waals surface area contributed by atoms with Gasteiger partial charge in [-0.2, -0.15) is 5.26 Å². The number of nitrogens with zero attached hydrogens (tertiary/aromatic N) is 2. The first-order chi connectivity index (χ1) is 9.35. The minimum Gasteiger partial charge on any atom is -0.380 e. The summed E-state index contributed by atoms with van der Waals surface area (Å²) in [5.41, 5.74) is 2.82. The van der Waals surface area contributed by atoms with Crippen LogP contribution in [0.5, 0.6) is 0 Å². The maximum Gasteiger partial charge on any atom is 0.144 e. The molecule has 1 aromatic heterocycles. The monoisotopic (exact) mass is 253 g/mol. The lowest BCUT2D eigenvalue weighted by atomic mass is 10.1. The second-order valence-corrected chi connectivity index (χ2v) is 4.07. The van der Waals surface area contributed by atoms with Gasteiger partial charge in [0.25, 0.3) is 0 Å². The van der Waals surface area contributed by atoms with Crippen LogP contribution in [0.4, 0.5) is 5.82 Å². The molecule has 19 heavy (non-hydrogen) atoms. The Kier molecular flexibility index (Phi) is 4.49. The summed E-state index contributed by atoms with van der Waals surface area (Å²) in [5, 5.41) is 12.2. The first kappa shape index (κ1) is 13.1. The van der Waals surface area contributed by atoms with Crippen LogP contribution in [0.15, 0.2) is 42.6 Å². The summed E-state index contributed by atoms with van der Waals surface area (Å²) >= 11 is 0. The van der Waals surface area contributed by atoms with Gasteiger partial charge < -0.3 is 10.1 Å². The van der Waals surface area contributed by atoms with Crippen LogP contribution in [0.3, 0.4) is 0 Å². The van der Waals surface area contributed by atoms with Gasteiger partial charge in [0.05, 0.1) is 12.2 Å². The molecule has 0 unspecified atom stereocenters. The first-order valence-corrected chi connectivity index (χ1v) is 6.00. The van der Waals surface area contributed by atoms with Crippen molar-refractivity contribution in [1.29, 1.82) is 5.26 Å². The average Bonchev–Trinajstić information content (AvgIpc) is 2.47. The van der Waals surface area contributed by atoms with Crippen molar-refractivity contribution >= 4 is 5.82 Å². The summed E-state index contributed by atoms with van der Waals surface area (Å²) in [6, 6.07) is 13.7. The van der Waals surface area contributed by atoms with E-state index in [9.17, 15) is 0 Å². The van der Waals surface area contributed by atoms with E-state index in [1.165, 1.54) is 0 Å². The van der Waals surface area contributed by atoms with E-state index in [1.54, 1.807) is 25.4 Å². The van der Waals surface area contributed by atoms with Gasteiger partial charge >= 0.3 is 0 Å². The van der Waals surface area contributed by atoms with Crippen LogP contribution in [-0.4, -0.2) is 12.1 Å². The Morgan fingerprint density at radius 1 is 1.21 bits per heavy atom. The van der Waals surface area contributed by atoms with Gasteiger partial charge in [0.15, 0.2) is 0 Å². The predicted octanol–water partition coefficient (Wildman–Crippen LogP) is 2.71. The number of aromatic nitrogens is 1. The lowest BCUT2D eigenvalue weighted by Crippen LogP contribution is -2.06. The molecule has 0 fully saturated rings. The standard InChI is InChI=1S/C15H15N3O/c1-19-11-14-6-3-2-5-13(14)10-18-15-12(9-16)7-4-8-17-15/h2-8H,10-11H2,1H3,(H,17,18). The maximum atomic E-state index is 9.00. The zero-order valence-corrected chi connectivity index (χ0v) is 10.8. The molecule has 96 valence electrons. The van der Waals surface area contributed by atoms with Crippen molar-refractivity contribution in [3.63, 3.8) is 0 Å². The van der Waals surface area contributed by atoms with E-state index in [-0.39, 0.29) is 0 Å². The van der Waals surface area contributed by atoms with Gasteiger partial charge in [-0.15, -0.1) is 0 Å². The second kappa shape index (κ2) is 6.53. The van der Waals surface area contributed by atoms with Crippen LogP contribution in [-0.2, 0) is 17.9 Å². The molecular weight excluding hydrogens is 238 g/mol. The number of benzene rings is 1. The van der Waals surface area contributed by atoms with Crippen LogP contribution < -0.4 is 5.32 Å². The number of anilines is 1. The zero-order chi connectivity index (χ0) is 13.5. The van der Waals surface area contributed by atoms with Crippen molar-refractivity contribution in [2.24, 2.45) is 0 Å².